The van der Waals surface area contributed by atoms with E-state index >= 15 is 0 Å². The number of alkyl halides is 2. The normalized spacial score (nSPS) is 11.9. The van der Waals surface area contributed by atoms with E-state index in [1.165, 1.54) is 12.1 Å². The number of rotatable bonds is 5. The van der Waals surface area contributed by atoms with Gasteiger partial charge in [-0.05, 0) is 36.4 Å². The number of carboxylic acids is 1. The van der Waals surface area contributed by atoms with Gasteiger partial charge in [0.05, 0.1) is 9.79 Å². The molecule has 0 saturated carbocycles. The van der Waals surface area contributed by atoms with Crippen molar-refractivity contribution in [2.24, 2.45) is 0 Å². The molecule has 8 heteroatoms. The van der Waals surface area contributed by atoms with Gasteiger partial charge in [-0.25, -0.2) is 13.2 Å². The summed E-state index contributed by atoms with van der Waals surface area (Å²) in [6.45, 7) is 0. The molecule has 0 radical (unpaired) electrons. The second kappa shape index (κ2) is 5.72. The zero-order valence-corrected chi connectivity index (χ0v) is 11.8. The Balaban J connectivity index is 2.28. The minimum absolute atomic E-state index is 0.0551. The minimum atomic E-state index is -4.39. The van der Waals surface area contributed by atoms with Gasteiger partial charge in [0.15, 0.2) is 0 Å². The van der Waals surface area contributed by atoms with Crippen molar-refractivity contribution in [2.45, 2.75) is 15.9 Å². The fourth-order valence-electron chi connectivity index (χ4n) is 1.61. The molecular formula is C14H10F2O5S. The maximum Gasteiger partial charge on any atom is 0.501 e. The topological polar surface area (TPSA) is 80.7 Å². The van der Waals surface area contributed by atoms with Crippen LogP contribution in [0.2, 0.25) is 0 Å². The van der Waals surface area contributed by atoms with E-state index in [1.807, 2.05) is 0 Å². The molecule has 0 aliphatic heterocycles. The molecule has 0 aliphatic carbocycles. The van der Waals surface area contributed by atoms with Crippen LogP contribution in [0.1, 0.15) is 0 Å². The van der Waals surface area contributed by atoms with Gasteiger partial charge in [-0.2, -0.15) is 8.78 Å². The van der Waals surface area contributed by atoms with E-state index in [1.54, 1.807) is 18.2 Å². The van der Waals surface area contributed by atoms with Crippen LogP contribution < -0.4 is 4.74 Å². The van der Waals surface area contributed by atoms with E-state index in [4.69, 9.17) is 5.11 Å². The van der Waals surface area contributed by atoms with Crippen molar-refractivity contribution in [1.29, 1.82) is 0 Å². The van der Waals surface area contributed by atoms with Crippen molar-refractivity contribution in [1.82, 2.24) is 0 Å². The third-order valence-electron chi connectivity index (χ3n) is 2.68. The van der Waals surface area contributed by atoms with E-state index in [9.17, 15) is 22.0 Å². The summed E-state index contributed by atoms with van der Waals surface area (Å²) in [5, 5.41) is 8.26. The lowest BCUT2D eigenvalue weighted by Gasteiger charge is -2.13. The predicted octanol–water partition coefficient (Wildman–Crippen LogP) is 2.58. The number of hydrogen-bond acceptors (Lipinski definition) is 4. The summed E-state index contributed by atoms with van der Waals surface area (Å²) in [5.41, 5.74) is 0. The van der Waals surface area contributed by atoms with Crippen molar-refractivity contribution in [3.05, 3.63) is 54.6 Å². The average molecular weight is 328 g/mol. The number of carbonyl (C=O) groups is 1. The number of ether oxygens (including phenoxy) is 1. The summed E-state index contributed by atoms with van der Waals surface area (Å²) in [6.07, 6.45) is -4.39. The van der Waals surface area contributed by atoms with Crippen molar-refractivity contribution in [2.75, 3.05) is 0 Å². The number of hydrogen-bond donors (Lipinski definition) is 1. The van der Waals surface area contributed by atoms with Crippen molar-refractivity contribution in [3.8, 4) is 5.75 Å². The molecule has 5 nitrogen and oxygen atoms in total. The van der Waals surface area contributed by atoms with Crippen LogP contribution in [0.25, 0.3) is 0 Å². The van der Waals surface area contributed by atoms with E-state index in [0.717, 1.165) is 24.3 Å². The summed E-state index contributed by atoms with van der Waals surface area (Å²) in [4.78, 5) is 10.2. The van der Waals surface area contributed by atoms with E-state index < -0.39 is 27.7 Å². The Kier molecular flexibility index (Phi) is 4.14. The van der Waals surface area contributed by atoms with Crippen molar-refractivity contribution < 1.29 is 31.8 Å². The second-order valence-electron chi connectivity index (χ2n) is 4.21. The van der Waals surface area contributed by atoms with E-state index in [2.05, 4.69) is 4.74 Å². The lowest BCUT2D eigenvalue weighted by molar-refractivity contribution is -0.210. The van der Waals surface area contributed by atoms with Crippen LogP contribution in [0.3, 0.4) is 0 Å². The molecule has 0 fully saturated rings. The first-order chi connectivity index (χ1) is 10.2. The molecular weight excluding hydrogens is 318 g/mol. The molecule has 0 spiro atoms. The monoisotopic (exact) mass is 328 g/mol. The van der Waals surface area contributed by atoms with Gasteiger partial charge in [0.1, 0.15) is 5.75 Å². The van der Waals surface area contributed by atoms with Crippen LogP contribution in [-0.4, -0.2) is 25.6 Å². The summed E-state index contributed by atoms with van der Waals surface area (Å²) in [5.74, 6) is -2.90. The van der Waals surface area contributed by atoms with Crippen LogP contribution in [0.4, 0.5) is 8.78 Å². The number of carboxylic acid groups (broad SMARTS) is 1. The Morgan fingerprint density at radius 2 is 1.45 bits per heavy atom. The molecule has 2 aromatic carbocycles. The summed E-state index contributed by atoms with van der Waals surface area (Å²) < 4.78 is 54.3. The first kappa shape index (κ1) is 15.9. The standard InChI is InChI=1S/C14H10F2O5S/c15-14(16,13(17)18)21-10-6-8-12(9-7-10)22(19,20)11-4-2-1-3-5-11/h1-9H,(H,17,18). The Labute approximate surface area is 124 Å². The third-order valence-corrected chi connectivity index (χ3v) is 4.47. The SMILES string of the molecule is O=C(O)C(F)(F)Oc1ccc(S(=O)(=O)c2ccccc2)cc1. The number of benzene rings is 2. The van der Waals surface area contributed by atoms with Crippen LogP contribution >= 0.6 is 0 Å². The summed E-state index contributed by atoms with van der Waals surface area (Å²) in [6, 6.07) is 11.6. The molecule has 0 amide bonds. The largest absolute Gasteiger partial charge is 0.501 e. The predicted molar refractivity (Wildman–Crippen MR) is 71.5 cm³/mol. The molecule has 2 rings (SSSR count). The molecule has 0 unspecified atom stereocenters. The number of aliphatic carboxylic acids is 1. The van der Waals surface area contributed by atoms with Gasteiger partial charge in [0.25, 0.3) is 0 Å². The fraction of sp³-hybridized carbons (Fsp3) is 0.0714. The van der Waals surface area contributed by atoms with Crippen LogP contribution in [0.5, 0.6) is 5.75 Å². The van der Waals surface area contributed by atoms with Crippen LogP contribution in [0, 0.1) is 0 Å². The molecule has 2 aromatic rings. The summed E-state index contributed by atoms with van der Waals surface area (Å²) >= 11 is 0. The maximum absolute atomic E-state index is 12.9. The second-order valence-corrected chi connectivity index (χ2v) is 6.16. The molecule has 0 aromatic heterocycles. The first-order valence-corrected chi connectivity index (χ1v) is 7.42. The van der Waals surface area contributed by atoms with Gasteiger partial charge in [-0.15, -0.1) is 0 Å². The number of halogens is 2. The number of sulfone groups is 1. The minimum Gasteiger partial charge on any atom is -0.474 e. The highest BCUT2D eigenvalue weighted by atomic mass is 32.2. The molecule has 0 aliphatic rings. The first-order valence-electron chi connectivity index (χ1n) is 5.94. The van der Waals surface area contributed by atoms with Crippen molar-refractivity contribution in [3.63, 3.8) is 0 Å². The van der Waals surface area contributed by atoms with Gasteiger partial charge in [0.2, 0.25) is 9.84 Å². The lowest BCUT2D eigenvalue weighted by atomic mass is 10.3. The highest BCUT2D eigenvalue weighted by Crippen LogP contribution is 2.26. The molecule has 0 bridgehead atoms. The zero-order chi connectivity index (χ0) is 16.4. The Morgan fingerprint density at radius 3 is 1.95 bits per heavy atom. The molecule has 0 atom stereocenters. The zero-order valence-electron chi connectivity index (χ0n) is 10.9. The van der Waals surface area contributed by atoms with Crippen LogP contribution in [0.15, 0.2) is 64.4 Å². The smallest absolute Gasteiger partial charge is 0.474 e. The Bertz CT molecular complexity index is 771. The quantitative estimate of drug-likeness (QED) is 0.912. The van der Waals surface area contributed by atoms with Gasteiger partial charge in [-0.1, -0.05) is 18.2 Å². The van der Waals surface area contributed by atoms with Crippen molar-refractivity contribution >= 4 is 15.8 Å². The molecule has 0 heterocycles. The van der Waals surface area contributed by atoms with Gasteiger partial charge in [0, 0.05) is 0 Å². The highest BCUT2D eigenvalue weighted by molar-refractivity contribution is 7.91. The Morgan fingerprint density at radius 1 is 0.955 bits per heavy atom. The van der Waals surface area contributed by atoms with E-state index in [0.29, 0.717) is 0 Å². The van der Waals surface area contributed by atoms with Gasteiger partial charge < -0.3 is 9.84 Å². The average Bonchev–Trinajstić information content (AvgIpc) is 2.48. The molecule has 116 valence electrons. The lowest BCUT2D eigenvalue weighted by Crippen LogP contribution is -2.34. The third kappa shape index (κ3) is 3.22. The maximum atomic E-state index is 12.9. The summed E-state index contributed by atoms with van der Waals surface area (Å²) in [7, 11) is -3.78. The molecule has 22 heavy (non-hydrogen) atoms. The highest BCUT2D eigenvalue weighted by Gasteiger charge is 2.42. The molecule has 0 saturated heterocycles. The molecule has 1 N–H and O–H groups in total. The van der Waals surface area contributed by atoms with Gasteiger partial charge in [-0.3, -0.25) is 0 Å². The van der Waals surface area contributed by atoms with Gasteiger partial charge >= 0.3 is 12.1 Å². The fourth-order valence-corrected chi connectivity index (χ4v) is 2.90. The Hall–Kier alpha value is -2.48. The van der Waals surface area contributed by atoms with Crippen LogP contribution in [-0.2, 0) is 14.6 Å². The van der Waals surface area contributed by atoms with E-state index in [-0.39, 0.29) is 9.79 Å².